The molecule has 1 amide bonds. The van der Waals surface area contributed by atoms with Crippen molar-refractivity contribution in [2.45, 2.75) is 31.4 Å². The van der Waals surface area contributed by atoms with Crippen LogP contribution in [0.3, 0.4) is 0 Å². The molecule has 1 saturated carbocycles. The minimum absolute atomic E-state index is 0.00391. The number of hydrogen-bond acceptors (Lipinski definition) is 9. The third kappa shape index (κ3) is 5.38. The molecule has 0 spiro atoms. The standard InChI is InChI=1S/C29H29F2N3O9/c1-40-27-24-19(26(36)23(43-29(38)39)12-33(24)16-2-3-16)9-21(31)25(27)32-7-6-15(10-32)14-41-22-5-4-17(8-20(22)30)34-11-18(13-35)42-28(34)37/h4-5,8-9,12,15-16,18,35H,2-3,6-7,10-11,13-14H2,1H3,(H,38,39)/t15-,18-/m1/s1. The summed E-state index contributed by atoms with van der Waals surface area (Å²) >= 11 is 0. The van der Waals surface area contributed by atoms with Crippen molar-refractivity contribution >= 4 is 34.5 Å². The highest BCUT2D eigenvalue weighted by Crippen LogP contribution is 2.45. The van der Waals surface area contributed by atoms with E-state index in [4.69, 9.17) is 19.3 Å². The van der Waals surface area contributed by atoms with Crippen molar-refractivity contribution in [2.24, 2.45) is 5.92 Å². The smallest absolute Gasteiger partial charge is 0.492 e. The molecular weight excluding hydrogens is 572 g/mol. The highest BCUT2D eigenvalue weighted by molar-refractivity contribution is 5.93. The first-order valence-corrected chi connectivity index (χ1v) is 13.8. The molecule has 2 N–H and O–H groups in total. The number of aliphatic hydroxyl groups is 1. The van der Waals surface area contributed by atoms with Crippen LogP contribution in [0, 0.1) is 17.6 Å². The van der Waals surface area contributed by atoms with E-state index in [9.17, 15) is 23.9 Å². The van der Waals surface area contributed by atoms with Crippen LogP contribution in [-0.2, 0) is 4.74 Å². The Bertz CT molecular complexity index is 1660. The average Bonchev–Trinajstić information content (AvgIpc) is 3.60. The summed E-state index contributed by atoms with van der Waals surface area (Å²) in [5, 5.41) is 18.2. The molecule has 12 nitrogen and oxygen atoms in total. The van der Waals surface area contributed by atoms with E-state index in [0.717, 1.165) is 18.9 Å². The van der Waals surface area contributed by atoms with Gasteiger partial charge in [-0.3, -0.25) is 9.69 Å². The maximum atomic E-state index is 15.7. The van der Waals surface area contributed by atoms with Crippen LogP contribution in [0.4, 0.5) is 29.7 Å². The quantitative estimate of drug-likeness (QED) is 0.347. The SMILES string of the molecule is COc1c(N2CC[C@@H](COc3ccc(N4C[C@H](CO)OC4=O)cc3F)C2)c(F)cc2c(=O)c(OC(=O)O)cn(C3CC3)c12. The lowest BCUT2D eigenvalue weighted by Crippen LogP contribution is -2.25. The first-order chi connectivity index (χ1) is 20.7. The molecule has 0 bridgehead atoms. The summed E-state index contributed by atoms with van der Waals surface area (Å²) in [6, 6.07) is 5.19. The van der Waals surface area contributed by atoms with Crippen LogP contribution in [0.2, 0.25) is 0 Å². The fourth-order valence-electron chi connectivity index (χ4n) is 5.70. The highest BCUT2D eigenvalue weighted by Gasteiger charge is 2.34. The minimum Gasteiger partial charge on any atom is -0.492 e. The maximum absolute atomic E-state index is 15.7. The van der Waals surface area contributed by atoms with E-state index in [1.165, 1.54) is 36.4 Å². The number of benzene rings is 2. The number of hydrogen-bond donors (Lipinski definition) is 2. The number of carbonyl (C=O) groups is 2. The fraction of sp³-hybridized carbons (Fsp3) is 0.414. The van der Waals surface area contributed by atoms with E-state index in [1.807, 2.05) is 0 Å². The number of pyridine rings is 1. The van der Waals surface area contributed by atoms with Crippen LogP contribution >= 0.6 is 0 Å². The van der Waals surface area contributed by atoms with E-state index < -0.39 is 41.2 Å². The van der Waals surface area contributed by atoms with E-state index in [-0.39, 0.29) is 60.0 Å². The minimum atomic E-state index is -1.64. The first-order valence-electron chi connectivity index (χ1n) is 13.8. The molecular formula is C29H29F2N3O9. The van der Waals surface area contributed by atoms with Gasteiger partial charge in [-0.1, -0.05) is 0 Å². The Morgan fingerprint density at radius 1 is 1.09 bits per heavy atom. The van der Waals surface area contributed by atoms with E-state index in [0.29, 0.717) is 25.0 Å². The molecule has 3 aromatic rings. The molecule has 1 aliphatic carbocycles. The summed E-state index contributed by atoms with van der Waals surface area (Å²) in [6.45, 7) is 0.739. The van der Waals surface area contributed by atoms with E-state index in [1.54, 1.807) is 9.47 Å². The topological polar surface area (TPSA) is 140 Å². The number of aromatic nitrogens is 1. The van der Waals surface area contributed by atoms with Crippen molar-refractivity contribution in [3.8, 4) is 17.2 Å². The second kappa shape index (κ2) is 11.2. The van der Waals surface area contributed by atoms with Crippen LogP contribution in [0.15, 0.2) is 35.3 Å². The zero-order chi connectivity index (χ0) is 30.4. The molecule has 0 radical (unpaired) electrons. The lowest BCUT2D eigenvalue weighted by Gasteiger charge is -2.25. The Morgan fingerprint density at radius 2 is 1.88 bits per heavy atom. The number of fused-ring (bicyclic) bond motifs is 1. The predicted molar refractivity (Wildman–Crippen MR) is 149 cm³/mol. The van der Waals surface area contributed by atoms with Gasteiger partial charge in [-0.2, -0.15) is 0 Å². The van der Waals surface area contributed by atoms with Crippen molar-refractivity contribution < 1.29 is 47.5 Å². The Kier molecular flexibility index (Phi) is 7.46. The summed E-state index contributed by atoms with van der Waals surface area (Å²) in [5.74, 6) is -1.71. The predicted octanol–water partition coefficient (Wildman–Crippen LogP) is 3.90. The Hall–Kier alpha value is -4.59. The third-order valence-corrected chi connectivity index (χ3v) is 7.89. The molecule has 2 atom stereocenters. The largest absolute Gasteiger partial charge is 0.511 e. The van der Waals surface area contributed by atoms with Gasteiger partial charge in [0.25, 0.3) is 0 Å². The van der Waals surface area contributed by atoms with Gasteiger partial charge < -0.3 is 38.6 Å². The number of ether oxygens (including phenoxy) is 4. The summed E-state index contributed by atoms with van der Waals surface area (Å²) in [7, 11) is 1.38. The number of carboxylic acid groups (broad SMARTS) is 1. The zero-order valence-electron chi connectivity index (χ0n) is 23.1. The van der Waals surface area contributed by atoms with Gasteiger partial charge in [-0.15, -0.1) is 0 Å². The van der Waals surface area contributed by atoms with Gasteiger partial charge >= 0.3 is 12.2 Å². The first kappa shape index (κ1) is 28.5. The molecule has 14 heteroatoms. The van der Waals surface area contributed by atoms with Crippen molar-refractivity contribution in [1.82, 2.24) is 4.57 Å². The van der Waals surface area contributed by atoms with Gasteiger partial charge in [0.05, 0.1) is 49.7 Å². The van der Waals surface area contributed by atoms with Crippen molar-refractivity contribution in [3.05, 3.63) is 52.3 Å². The lowest BCUT2D eigenvalue weighted by molar-refractivity contribution is 0.0963. The highest BCUT2D eigenvalue weighted by atomic mass is 19.1. The van der Waals surface area contributed by atoms with Gasteiger partial charge in [0, 0.05) is 31.1 Å². The molecule has 2 aliphatic heterocycles. The molecule has 2 aromatic carbocycles. The summed E-state index contributed by atoms with van der Waals surface area (Å²) < 4.78 is 53.4. The molecule has 6 rings (SSSR count). The number of carbonyl (C=O) groups excluding carboxylic acids is 1. The molecule has 3 fully saturated rings. The van der Waals surface area contributed by atoms with Crippen LogP contribution < -0.4 is 29.4 Å². The summed E-state index contributed by atoms with van der Waals surface area (Å²) in [6.07, 6.45) is 0.558. The van der Waals surface area contributed by atoms with Gasteiger partial charge in [0.15, 0.2) is 28.9 Å². The number of methoxy groups -OCH3 is 1. The number of aliphatic hydroxyl groups excluding tert-OH is 1. The molecule has 0 unspecified atom stereocenters. The van der Waals surface area contributed by atoms with Crippen LogP contribution in [0.25, 0.3) is 10.9 Å². The van der Waals surface area contributed by atoms with Crippen molar-refractivity contribution in [1.29, 1.82) is 0 Å². The van der Waals surface area contributed by atoms with Gasteiger partial charge in [-0.05, 0) is 37.5 Å². The Balaban J connectivity index is 1.21. The van der Waals surface area contributed by atoms with E-state index in [2.05, 4.69) is 4.74 Å². The molecule has 3 aliphatic rings. The fourth-order valence-corrected chi connectivity index (χ4v) is 5.70. The summed E-state index contributed by atoms with van der Waals surface area (Å²) in [5.41, 5.74) is 0.0577. The van der Waals surface area contributed by atoms with Crippen LogP contribution in [0.5, 0.6) is 17.2 Å². The lowest BCUT2D eigenvalue weighted by atomic mass is 10.1. The van der Waals surface area contributed by atoms with Gasteiger partial charge in [0.2, 0.25) is 5.43 Å². The van der Waals surface area contributed by atoms with Crippen LogP contribution in [-0.4, -0.2) is 73.1 Å². The molecule has 228 valence electrons. The molecule has 1 aromatic heterocycles. The maximum Gasteiger partial charge on any atom is 0.511 e. The van der Waals surface area contributed by atoms with Crippen LogP contribution in [0.1, 0.15) is 25.3 Å². The second-order valence-electron chi connectivity index (χ2n) is 10.8. The molecule has 2 saturated heterocycles. The second-order valence-corrected chi connectivity index (χ2v) is 10.8. The number of anilines is 2. The Labute approximate surface area is 243 Å². The van der Waals surface area contributed by atoms with Crippen molar-refractivity contribution in [3.63, 3.8) is 0 Å². The summed E-state index contributed by atoms with van der Waals surface area (Å²) in [4.78, 5) is 39.2. The van der Waals surface area contributed by atoms with Gasteiger partial charge in [0.1, 0.15) is 11.8 Å². The number of nitrogens with zero attached hydrogens (tertiary/aromatic N) is 3. The number of amides is 1. The number of cyclic esters (lactones) is 1. The van der Waals surface area contributed by atoms with E-state index >= 15 is 4.39 Å². The normalized spacial score (nSPS) is 20.0. The molecule has 3 heterocycles. The number of halogens is 2. The third-order valence-electron chi connectivity index (χ3n) is 7.89. The monoisotopic (exact) mass is 601 g/mol. The zero-order valence-corrected chi connectivity index (χ0v) is 23.1. The Morgan fingerprint density at radius 3 is 2.53 bits per heavy atom. The number of rotatable bonds is 9. The average molecular weight is 602 g/mol. The molecule has 43 heavy (non-hydrogen) atoms. The van der Waals surface area contributed by atoms with Crippen molar-refractivity contribution in [2.75, 3.05) is 49.8 Å². The van der Waals surface area contributed by atoms with Gasteiger partial charge in [-0.25, -0.2) is 18.4 Å².